The van der Waals surface area contributed by atoms with Crippen LogP contribution in [-0.2, 0) is 19.6 Å². The highest BCUT2D eigenvalue weighted by Crippen LogP contribution is 2.34. The average Bonchev–Trinajstić information content (AvgIpc) is 2.70. The highest BCUT2D eigenvalue weighted by molar-refractivity contribution is 9.10. The minimum Gasteiger partial charge on any atom is -0.310 e. The van der Waals surface area contributed by atoms with Crippen LogP contribution in [0.25, 0.3) is 0 Å². The number of benzene rings is 2. The first-order chi connectivity index (χ1) is 13.8. The zero-order valence-corrected chi connectivity index (χ0v) is 18.3. The van der Waals surface area contributed by atoms with Gasteiger partial charge in [-0.3, -0.25) is 9.59 Å². The Balaban J connectivity index is 1.64. The van der Waals surface area contributed by atoms with Crippen LogP contribution in [0.2, 0.25) is 0 Å². The number of hydrogen-bond acceptors (Lipinski definition) is 6. The van der Waals surface area contributed by atoms with Crippen LogP contribution in [0.4, 0.5) is 5.69 Å². The minimum atomic E-state index is -4.14. The van der Waals surface area contributed by atoms with Gasteiger partial charge in [0.25, 0.3) is 10.0 Å². The summed E-state index contributed by atoms with van der Waals surface area (Å²) in [5, 5.41) is 8.98. The third kappa shape index (κ3) is 5.18. The van der Waals surface area contributed by atoms with Crippen LogP contribution < -0.4 is 9.62 Å². The van der Waals surface area contributed by atoms with E-state index in [2.05, 4.69) is 15.9 Å². The van der Waals surface area contributed by atoms with Crippen LogP contribution in [0.5, 0.6) is 0 Å². The van der Waals surface area contributed by atoms with Crippen molar-refractivity contribution in [3.05, 3.63) is 52.5 Å². The Morgan fingerprint density at radius 1 is 1.21 bits per heavy atom. The molecule has 10 heteroatoms. The summed E-state index contributed by atoms with van der Waals surface area (Å²) < 4.78 is 27.2. The Bertz CT molecular complexity index is 1110. The molecule has 1 N–H and O–H groups in total. The lowest BCUT2D eigenvalue weighted by molar-refractivity contribution is -0.124. The quantitative estimate of drug-likeness (QED) is 0.685. The maximum Gasteiger partial charge on any atom is 0.264 e. The number of carbonyl (C=O) groups is 2. The molecule has 1 aliphatic heterocycles. The molecule has 0 saturated carbocycles. The molecule has 2 aromatic carbocycles. The maximum atomic E-state index is 12.6. The zero-order valence-electron chi connectivity index (χ0n) is 15.1. The Labute approximate surface area is 181 Å². The Hall–Kier alpha value is -2.35. The van der Waals surface area contributed by atoms with Gasteiger partial charge in [0.15, 0.2) is 0 Å². The van der Waals surface area contributed by atoms with E-state index in [1.807, 2.05) is 35.1 Å². The number of thioether (sulfide) groups is 1. The Kier molecular flexibility index (Phi) is 6.62. The van der Waals surface area contributed by atoms with Gasteiger partial charge in [0.1, 0.15) is 0 Å². The van der Waals surface area contributed by atoms with Gasteiger partial charge < -0.3 is 4.90 Å². The molecule has 0 fully saturated rings. The number of nitriles is 1. The van der Waals surface area contributed by atoms with Gasteiger partial charge >= 0.3 is 0 Å². The molecule has 0 radical (unpaired) electrons. The summed E-state index contributed by atoms with van der Waals surface area (Å²) in [4.78, 5) is 27.2. The van der Waals surface area contributed by atoms with Crippen LogP contribution in [0.3, 0.4) is 0 Å². The summed E-state index contributed by atoms with van der Waals surface area (Å²) in [6.07, 6.45) is -0.370. The van der Waals surface area contributed by atoms with Gasteiger partial charge in [0.05, 0.1) is 22.2 Å². The first kappa shape index (κ1) is 21.4. The molecule has 0 bridgehead atoms. The monoisotopic (exact) mass is 493 g/mol. The third-order valence-electron chi connectivity index (χ3n) is 4.15. The van der Waals surface area contributed by atoms with Gasteiger partial charge in [-0.25, -0.2) is 13.1 Å². The number of sulfonamides is 1. The number of halogens is 1. The first-order valence-corrected chi connectivity index (χ1v) is 11.8. The summed E-state index contributed by atoms with van der Waals surface area (Å²) in [5.74, 6) is -0.260. The predicted octanol–water partition coefficient (Wildman–Crippen LogP) is 3.04. The van der Waals surface area contributed by atoms with Crippen molar-refractivity contribution in [1.29, 1.82) is 5.26 Å². The molecule has 2 amide bonds. The Morgan fingerprint density at radius 3 is 2.72 bits per heavy atom. The fourth-order valence-electron chi connectivity index (χ4n) is 2.83. The molecule has 0 aliphatic carbocycles. The second kappa shape index (κ2) is 8.98. The van der Waals surface area contributed by atoms with Crippen molar-refractivity contribution < 1.29 is 18.0 Å². The van der Waals surface area contributed by atoms with Crippen molar-refractivity contribution in [2.75, 3.05) is 17.2 Å². The number of hydrogen-bond donors (Lipinski definition) is 1. The summed E-state index contributed by atoms with van der Waals surface area (Å²) in [6, 6.07) is 13.3. The van der Waals surface area contributed by atoms with Crippen molar-refractivity contribution in [2.24, 2.45) is 0 Å². The fraction of sp³-hybridized carbons (Fsp3) is 0.211. The average molecular weight is 494 g/mol. The number of amides is 2. The van der Waals surface area contributed by atoms with E-state index < -0.39 is 15.9 Å². The van der Waals surface area contributed by atoms with Crippen LogP contribution in [0, 0.1) is 11.3 Å². The number of rotatable bonds is 5. The van der Waals surface area contributed by atoms with Crippen molar-refractivity contribution in [3.8, 4) is 6.07 Å². The van der Waals surface area contributed by atoms with E-state index >= 15 is 0 Å². The van der Waals surface area contributed by atoms with Crippen molar-refractivity contribution in [3.63, 3.8) is 0 Å². The molecule has 1 heterocycles. The Morgan fingerprint density at radius 2 is 1.97 bits per heavy atom. The molecule has 0 atom stereocenters. The fourth-order valence-corrected chi connectivity index (χ4v) is 5.55. The summed E-state index contributed by atoms with van der Waals surface area (Å²) in [6.45, 7) is 0.537. The SMILES string of the molecule is N#Cc1cc(Br)cc(S(=O)(=O)NC(=O)CCC(=O)N2CCSc3ccccc32)c1. The number of fused-ring (bicyclic) bond motifs is 1. The largest absolute Gasteiger partial charge is 0.310 e. The number of nitrogens with one attached hydrogen (secondary N) is 1. The molecule has 150 valence electrons. The molecule has 0 spiro atoms. The summed E-state index contributed by atoms with van der Waals surface area (Å²) >= 11 is 4.80. The van der Waals surface area contributed by atoms with Gasteiger partial charge in [-0.15, -0.1) is 11.8 Å². The van der Waals surface area contributed by atoms with E-state index in [0.29, 0.717) is 11.0 Å². The van der Waals surface area contributed by atoms with Crippen LogP contribution in [0.1, 0.15) is 18.4 Å². The van der Waals surface area contributed by atoms with Crippen LogP contribution in [0.15, 0.2) is 56.7 Å². The lowest BCUT2D eigenvalue weighted by Crippen LogP contribution is -2.37. The molecule has 2 aromatic rings. The molecule has 7 nitrogen and oxygen atoms in total. The standard InChI is InChI=1S/C19H16BrN3O4S2/c20-14-9-13(12-21)10-15(11-14)29(26,27)22-18(24)5-6-19(25)23-7-8-28-17-4-2-1-3-16(17)23/h1-4,9-11H,5-8H2,(H,22,24). The summed E-state index contributed by atoms with van der Waals surface area (Å²) in [7, 11) is -4.14. The summed E-state index contributed by atoms with van der Waals surface area (Å²) in [5.41, 5.74) is 0.948. The molecule has 3 rings (SSSR count). The van der Waals surface area contributed by atoms with Crippen LogP contribution >= 0.6 is 27.7 Å². The molecule has 0 aromatic heterocycles. The van der Waals surface area contributed by atoms with Gasteiger partial charge in [-0.05, 0) is 30.3 Å². The highest BCUT2D eigenvalue weighted by atomic mass is 79.9. The van der Waals surface area contributed by atoms with Gasteiger partial charge in [0.2, 0.25) is 11.8 Å². The zero-order chi connectivity index (χ0) is 21.0. The van der Waals surface area contributed by atoms with Crippen molar-refractivity contribution in [2.45, 2.75) is 22.6 Å². The topological polar surface area (TPSA) is 107 Å². The van der Waals surface area contributed by atoms with E-state index in [1.54, 1.807) is 16.7 Å². The van der Waals surface area contributed by atoms with Crippen LogP contribution in [-0.4, -0.2) is 32.5 Å². The number of carbonyl (C=O) groups excluding carboxylic acids is 2. The molecule has 0 unspecified atom stereocenters. The van der Waals surface area contributed by atoms with E-state index in [-0.39, 0.29) is 29.2 Å². The molecule has 29 heavy (non-hydrogen) atoms. The van der Waals surface area contributed by atoms with E-state index in [4.69, 9.17) is 5.26 Å². The maximum absolute atomic E-state index is 12.6. The normalized spacial score (nSPS) is 13.3. The van der Waals surface area contributed by atoms with Gasteiger partial charge in [-0.2, -0.15) is 5.26 Å². The highest BCUT2D eigenvalue weighted by Gasteiger charge is 2.24. The molecule has 0 saturated heterocycles. The molecular weight excluding hydrogens is 478 g/mol. The lowest BCUT2D eigenvalue weighted by atomic mass is 10.2. The van der Waals surface area contributed by atoms with Gasteiger partial charge in [0, 0.05) is 34.5 Å². The van der Waals surface area contributed by atoms with E-state index in [1.165, 1.54) is 18.2 Å². The smallest absolute Gasteiger partial charge is 0.264 e. The minimum absolute atomic E-state index is 0.109. The number of para-hydroxylation sites is 1. The van der Waals surface area contributed by atoms with Crippen molar-refractivity contribution >= 4 is 55.2 Å². The molecular formula is C19H16BrN3O4S2. The number of anilines is 1. The van der Waals surface area contributed by atoms with Gasteiger partial charge in [-0.1, -0.05) is 28.1 Å². The predicted molar refractivity (Wildman–Crippen MR) is 113 cm³/mol. The number of nitrogens with zero attached hydrogens (tertiary/aromatic N) is 2. The molecule has 1 aliphatic rings. The van der Waals surface area contributed by atoms with Crippen molar-refractivity contribution in [1.82, 2.24) is 4.72 Å². The second-order valence-corrected chi connectivity index (χ2v) is 9.91. The first-order valence-electron chi connectivity index (χ1n) is 8.59. The van der Waals surface area contributed by atoms with E-state index in [0.717, 1.165) is 16.3 Å². The second-order valence-electron chi connectivity index (χ2n) is 6.18. The van der Waals surface area contributed by atoms with E-state index in [9.17, 15) is 18.0 Å². The third-order valence-corrected chi connectivity index (χ3v) is 7.01. The lowest BCUT2D eigenvalue weighted by Gasteiger charge is -2.29.